The van der Waals surface area contributed by atoms with Gasteiger partial charge in [-0.05, 0) is 31.2 Å². The van der Waals surface area contributed by atoms with E-state index in [-0.39, 0.29) is 10.8 Å². The summed E-state index contributed by atoms with van der Waals surface area (Å²) in [6.07, 6.45) is 0.823. The third-order valence-electron chi connectivity index (χ3n) is 1.97. The van der Waals surface area contributed by atoms with Crippen LogP contribution < -0.4 is 0 Å². The first-order valence-corrected chi connectivity index (χ1v) is 5.23. The molecular weight excluding hydrogens is 224 g/mol. The van der Waals surface area contributed by atoms with E-state index in [1.54, 1.807) is 12.1 Å². The van der Waals surface area contributed by atoms with Gasteiger partial charge in [0, 0.05) is 6.54 Å². The van der Waals surface area contributed by atoms with E-state index < -0.39 is 0 Å². The standard InChI is InChI=1S/C10H12Cl2FN/c1-14(7-11)5-4-8-2-3-10(13)9(12)6-8/h2-3,6H,4-5,7H2,1H3. The molecule has 0 saturated carbocycles. The third kappa shape index (κ3) is 3.45. The largest absolute Gasteiger partial charge is 0.293 e. The quantitative estimate of drug-likeness (QED) is 0.573. The molecule has 0 spiro atoms. The fourth-order valence-corrected chi connectivity index (χ4v) is 1.40. The minimum absolute atomic E-state index is 0.177. The van der Waals surface area contributed by atoms with Crippen LogP contribution in [-0.4, -0.2) is 24.5 Å². The van der Waals surface area contributed by atoms with E-state index in [9.17, 15) is 4.39 Å². The van der Waals surface area contributed by atoms with Crippen molar-refractivity contribution in [2.45, 2.75) is 6.42 Å². The average Bonchev–Trinajstić information content (AvgIpc) is 2.19. The smallest absolute Gasteiger partial charge is 0.141 e. The number of nitrogens with zero attached hydrogens (tertiary/aromatic N) is 1. The summed E-state index contributed by atoms with van der Waals surface area (Å²) in [5, 5.41) is 0.177. The topological polar surface area (TPSA) is 3.24 Å². The maximum Gasteiger partial charge on any atom is 0.141 e. The molecule has 0 saturated heterocycles. The molecule has 0 aliphatic carbocycles. The van der Waals surface area contributed by atoms with Gasteiger partial charge in [0.25, 0.3) is 0 Å². The Morgan fingerprint density at radius 1 is 1.43 bits per heavy atom. The van der Waals surface area contributed by atoms with Gasteiger partial charge in [0.15, 0.2) is 0 Å². The van der Waals surface area contributed by atoms with Gasteiger partial charge >= 0.3 is 0 Å². The van der Waals surface area contributed by atoms with E-state index in [4.69, 9.17) is 23.2 Å². The van der Waals surface area contributed by atoms with Crippen molar-refractivity contribution in [1.82, 2.24) is 4.90 Å². The summed E-state index contributed by atoms with van der Waals surface area (Å²) in [5.41, 5.74) is 1.02. The minimum atomic E-state index is -0.374. The number of hydrogen-bond donors (Lipinski definition) is 0. The van der Waals surface area contributed by atoms with E-state index in [1.165, 1.54) is 6.07 Å². The summed E-state index contributed by atoms with van der Waals surface area (Å²) in [7, 11) is 1.93. The Labute approximate surface area is 93.4 Å². The minimum Gasteiger partial charge on any atom is -0.293 e. The van der Waals surface area contributed by atoms with Crippen LogP contribution in [0.2, 0.25) is 5.02 Å². The molecular formula is C10H12Cl2FN. The van der Waals surface area contributed by atoms with Gasteiger partial charge in [-0.3, -0.25) is 4.90 Å². The molecule has 1 aromatic carbocycles. The first-order valence-electron chi connectivity index (χ1n) is 4.32. The Bertz CT molecular complexity index is 304. The van der Waals surface area contributed by atoms with E-state index in [0.29, 0.717) is 6.00 Å². The molecule has 1 rings (SSSR count). The highest BCUT2D eigenvalue weighted by molar-refractivity contribution is 6.30. The second-order valence-electron chi connectivity index (χ2n) is 3.20. The van der Waals surface area contributed by atoms with Crippen molar-refractivity contribution in [3.05, 3.63) is 34.6 Å². The predicted octanol–water partition coefficient (Wildman–Crippen LogP) is 3.15. The second kappa shape index (κ2) is 5.54. The van der Waals surface area contributed by atoms with Crippen molar-refractivity contribution in [2.75, 3.05) is 19.6 Å². The van der Waals surface area contributed by atoms with Crippen LogP contribution in [-0.2, 0) is 6.42 Å². The Balaban J connectivity index is 2.55. The Morgan fingerprint density at radius 3 is 2.71 bits per heavy atom. The molecule has 0 N–H and O–H groups in total. The highest BCUT2D eigenvalue weighted by Crippen LogP contribution is 2.16. The van der Waals surface area contributed by atoms with E-state index >= 15 is 0 Å². The first kappa shape index (κ1) is 11.8. The lowest BCUT2D eigenvalue weighted by atomic mass is 10.1. The Hall–Kier alpha value is -0.310. The van der Waals surface area contributed by atoms with Crippen molar-refractivity contribution in [2.24, 2.45) is 0 Å². The van der Waals surface area contributed by atoms with E-state index in [1.807, 2.05) is 11.9 Å². The molecule has 0 aliphatic rings. The van der Waals surface area contributed by atoms with Crippen molar-refractivity contribution >= 4 is 23.2 Å². The SMILES string of the molecule is CN(CCl)CCc1ccc(F)c(Cl)c1. The summed E-state index contributed by atoms with van der Waals surface area (Å²) < 4.78 is 12.8. The number of halogens is 3. The molecule has 1 nitrogen and oxygen atoms in total. The summed E-state index contributed by atoms with van der Waals surface area (Å²) in [5.74, 6) is -0.374. The zero-order chi connectivity index (χ0) is 10.6. The zero-order valence-electron chi connectivity index (χ0n) is 7.93. The molecule has 0 amide bonds. The van der Waals surface area contributed by atoms with Crippen LogP contribution in [0.4, 0.5) is 4.39 Å². The fraction of sp³-hybridized carbons (Fsp3) is 0.400. The van der Waals surface area contributed by atoms with Gasteiger partial charge in [-0.2, -0.15) is 0 Å². The van der Waals surface area contributed by atoms with Crippen molar-refractivity contribution in [1.29, 1.82) is 0 Å². The monoisotopic (exact) mass is 235 g/mol. The molecule has 0 bridgehead atoms. The van der Waals surface area contributed by atoms with Crippen LogP contribution in [0.5, 0.6) is 0 Å². The second-order valence-corrected chi connectivity index (χ2v) is 3.84. The summed E-state index contributed by atoms with van der Waals surface area (Å²) in [6.45, 7) is 0.839. The molecule has 4 heteroatoms. The van der Waals surface area contributed by atoms with Crippen LogP contribution >= 0.6 is 23.2 Å². The van der Waals surface area contributed by atoms with Crippen molar-refractivity contribution in [3.8, 4) is 0 Å². The lowest BCUT2D eigenvalue weighted by Crippen LogP contribution is -2.19. The maximum atomic E-state index is 12.8. The van der Waals surface area contributed by atoms with Gasteiger partial charge in [-0.15, -0.1) is 11.6 Å². The molecule has 0 aliphatic heterocycles. The van der Waals surface area contributed by atoms with Crippen LogP contribution in [0.3, 0.4) is 0 Å². The molecule has 0 atom stereocenters. The lowest BCUT2D eigenvalue weighted by molar-refractivity contribution is 0.394. The molecule has 14 heavy (non-hydrogen) atoms. The van der Waals surface area contributed by atoms with Crippen LogP contribution in [0, 0.1) is 5.82 Å². The van der Waals surface area contributed by atoms with Gasteiger partial charge in [0.2, 0.25) is 0 Å². The van der Waals surface area contributed by atoms with Crippen molar-refractivity contribution < 1.29 is 4.39 Å². The molecule has 0 aromatic heterocycles. The van der Waals surface area contributed by atoms with Gasteiger partial charge in [-0.1, -0.05) is 17.7 Å². The Morgan fingerprint density at radius 2 is 2.14 bits per heavy atom. The summed E-state index contributed by atoms with van der Waals surface area (Å²) >= 11 is 11.3. The molecule has 0 radical (unpaired) electrons. The first-order chi connectivity index (χ1) is 6.63. The Kier molecular flexibility index (Phi) is 4.66. The normalized spacial score (nSPS) is 10.9. The average molecular weight is 236 g/mol. The van der Waals surface area contributed by atoms with Gasteiger partial charge in [-0.25, -0.2) is 4.39 Å². The number of benzene rings is 1. The molecule has 0 unspecified atom stereocenters. The van der Waals surface area contributed by atoms with Gasteiger partial charge in [0.1, 0.15) is 5.82 Å². The van der Waals surface area contributed by atoms with Crippen LogP contribution in [0.15, 0.2) is 18.2 Å². The van der Waals surface area contributed by atoms with Crippen LogP contribution in [0.25, 0.3) is 0 Å². The highest BCUT2D eigenvalue weighted by atomic mass is 35.5. The number of alkyl halides is 1. The van der Waals surface area contributed by atoms with Crippen LogP contribution in [0.1, 0.15) is 5.56 Å². The van der Waals surface area contributed by atoms with E-state index in [0.717, 1.165) is 18.5 Å². The fourth-order valence-electron chi connectivity index (χ4n) is 1.07. The zero-order valence-corrected chi connectivity index (χ0v) is 9.45. The number of hydrogen-bond acceptors (Lipinski definition) is 1. The highest BCUT2D eigenvalue weighted by Gasteiger charge is 2.02. The van der Waals surface area contributed by atoms with Gasteiger partial charge < -0.3 is 0 Å². The molecule has 78 valence electrons. The van der Waals surface area contributed by atoms with E-state index in [2.05, 4.69) is 0 Å². The van der Waals surface area contributed by atoms with Crippen molar-refractivity contribution in [3.63, 3.8) is 0 Å². The molecule has 0 fully saturated rings. The van der Waals surface area contributed by atoms with Gasteiger partial charge in [0.05, 0.1) is 11.0 Å². The third-order valence-corrected chi connectivity index (χ3v) is 2.67. The number of likely N-dealkylation sites (N-methyl/N-ethyl adjacent to an activating group) is 1. The predicted molar refractivity (Wildman–Crippen MR) is 58.5 cm³/mol. The summed E-state index contributed by atoms with van der Waals surface area (Å²) in [6, 6.07) is 5.27. The lowest BCUT2D eigenvalue weighted by Gasteiger charge is -2.12. The molecule has 0 heterocycles. The maximum absolute atomic E-state index is 12.8. The molecule has 1 aromatic rings. The number of rotatable bonds is 4. The summed E-state index contributed by atoms with van der Waals surface area (Å²) in [4.78, 5) is 1.97.